The second-order valence-corrected chi connectivity index (χ2v) is 7.08. The molecule has 0 radical (unpaired) electrons. The number of pyridine rings is 1. The van der Waals surface area contributed by atoms with Crippen LogP contribution < -0.4 is 4.74 Å². The standard InChI is InChI=1S/C24H25N3O2/c28-23(12-11-21-7-4-6-20-8-5-13-25-24(20)21)27-16-14-26(15-17-27)18-19-29-22-9-2-1-3-10-22/h1-13H,14-19H2/b12-11+. The van der Waals surface area contributed by atoms with Gasteiger partial charge in [-0.15, -0.1) is 0 Å². The molecule has 2 aromatic carbocycles. The number of para-hydroxylation sites is 2. The van der Waals surface area contributed by atoms with Crippen LogP contribution in [0.25, 0.3) is 17.0 Å². The molecule has 5 nitrogen and oxygen atoms in total. The van der Waals surface area contributed by atoms with Gasteiger partial charge in [-0.25, -0.2) is 0 Å². The van der Waals surface area contributed by atoms with Crippen molar-refractivity contribution < 1.29 is 9.53 Å². The molecular weight excluding hydrogens is 362 g/mol. The Morgan fingerprint density at radius 1 is 0.966 bits per heavy atom. The van der Waals surface area contributed by atoms with Gasteiger partial charge in [0.15, 0.2) is 0 Å². The summed E-state index contributed by atoms with van der Waals surface area (Å²) in [6.45, 7) is 4.74. The van der Waals surface area contributed by atoms with Crippen molar-refractivity contribution in [3.05, 3.63) is 78.5 Å². The first-order valence-electron chi connectivity index (χ1n) is 10.0. The minimum absolute atomic E-state index is 0.0538. The van der Waals surface area contributed by atoms with Gasteiger partial charge in [0.05, 0.1) is 5.52 Å². The molecule has 0 N–H and O–H groups in total. The van der Waals surface area contributed by atoms with E-state index in [1.807, 2.05) is 71.6 Å². The first-order valence-corrected chi connectivity index (χ1v) is 10.0. The fourth-order valence-corrected chi connectivity index (χ4v) is 3.53. The molecule has 1 aliphatic rings. The first kappa shape index (κ1) is 19.2. The Morgan fingerprint density at radius 3 is 2.59 bits per heavy atom. The van der Waals surface area contributed by atoms with Crippen molar-refractivity contribution >= 4 is 22.9 Å². The number of amides is 1. The zero-order chi connectivity index (χ0) is 19.9. The van der Waals surface area contributed by atoms with Crippen molar-refractivity contribution in [1.29, 1.82) is 0 Å². The number of aromatic nitrogens is 1. The molecule has 0 saturated carbocycles. The molecule has 1 saturated heterocycles. The summed E-state index contributed by atoms with van der Waals surface area (Å²) in [7, 11) is 0. The number of carbonyl (C=O) groups is 1. The summed E-state index contributed by atoms with van der Waals surface area (Å²) < 4.78 is 5.77. The second-order valence-electron chi connectivity index (χ2n) is 7.08. The summed E-state index contributed by atoms with van der Waals surface area (Å²) in [4.78, 5) is 21.3. The number of carbonyl (C=O) groups excluding carboxylic acids is 1. The lowest BCUT2D eigenvalue weighted by atomic mass is 10.1. The number of ether oxygens (including phenoxy) is 1. The van der Waals surface area contributed by atoms with Gasteiger partial charge in [0, 0.05) is 55.9 Å². The number of hydrogen-bond donors (Lipinski definition) is 0. The van der Waals surface area contributed by atoms with Crippen LogP contribution in [0.1, 0.15) is 5.56 Å². The van der Waals surface area contributed by atoms with Crippen LogP contribution in [-0.4, -0.2) is 60.0 Å². The van der Waals surface area contributed by atoms with Crippen molar-refractivity contribution in [2.75, 3.05) is 39.3 Å². The SMILES string of the molecule is O=C(/C=C/c1cccc2cccnc12)N1CCN(CCOc2ccccc2)CC1. The van der Waals surface area contributed by atoms with Gasteiger partial charge in [0.25, 0.3) is 0 Å². The van der Waals surface area contributed by atoms with Gasteiger partial charge < -0.3 is 9.64 Å². The normalized spacial score (nSPS) is 15.1. The Bertz CT molecular complexity index is 974. The van der Waals surface area contributed by atoms with E-state index in [4.69, 9.17) is 4.74 Å². The molecule has 29 heavy (non-hydrogen) atoms. The molecule has 4 rings (SSSR count). The minimum Gasteiger partial charge on any atom is -0.492 e. The molecule has 148 valence electrons. The molecule has 0 aliphatic carbocycles. The molecule has 0 atom stereocenters. The number of hydrogen-bond acceptors (Lipinski definition) is 4. The highest BCUT2D eigenvalue weighted by Gasteiger charge is 2.19. The van der Waals surface area contributed by atoms with Crippen molar-refractivity contribution in [3.63, 3.8) is 0 Å². The van der Waals surface area contributed by atoms with Crippen LogP contribution in [0, 0.1) is 0 Å². The topological polar surface area (TPSA) is 45.7 Å². The summed E-state index contributed by atoms with van der Waals surface area (Å²) in [6.07, 6.45) is 5.32. The molecule has 1 amide bonds. The highest BCUT2D eigenvalue weighted by molar-refractivity contribution is 5.95. The molecule has 1 aliphatic heterocycles. The van der Waals surface area contributed by atoms with E-state index in [1.165, 1.54) is 0 Å². The molecule has 1 fully saturated rings. The molecule has 0 unspecified atom stereocenters. The summed E-state index contributed by atoms with van der Waals surface area (Å²) in [5.74, 6) is 0.951. The van der Waals surface area contributed by atoms with Crippen LogP contribution in [0.2, 0.25) is 0 Å². The average molecular weight is 387 g/mol. The molecule has 0 bridgehead atoms. The van der Waals surface area contributed by atoms with Crippen LogP contribution in [0.3, 0.4) is 0 Å². The maximum Gasteiger partial charge on any atom is 0.246 e. The van der Waals surface area contributed by atoms with Gasteiger partial charge >= 0.3 is 0 Å². The van der Waals surface area contributed by atoms with Crippen molar-refractivity contribution in [3.8, 4) is 5.75 Å². The predicted octanol–water partition coefficient (Wildman–Crippen LogP) is 3.47. The number of benzene rings is 2. The number of nitrogens with zero attached hydrogens (tertiary/aromatic N) is 3. The first-order chi connectivity index (χ1) is 14.3. The molecule has 2 heterocycles. The Morgan fingerprint density at radius 2 is 1.76 bits per heavy atom. The summed E-state index contributed by atoms with van der Waals surface area (Å²) in [5.41, 5.74) is 1.88. The van der Waals surface area contributed by atoms with E-state index >= 15 is 0 Å². The van der Waals surface area contributed by atoms with E-state index in [0.717, 1.165) is 54.9 Å². The molecule has 0 spiro atoms. The van der Waals surface area contributed by atoms with E-state index in [1.54, 1.807) is 12.3 Å². The fraction of sp³-hybridized carbons (Fsp3) is 0.250. The predicted molar refractivity (Wildman–Crippen MR) is 116 cm³/mol. The van der Waals surface area contributed by atoms with Crippen molar-refractivity contribution in [1.82, 2.24) is 14.8 Å². The van der Waals surface area contributed by atoms with E-state index in [2.05, 4.69) is 9.88 Å². The van der Waals surface area contributed by atoms with Gasteiger partial charge in [-0.3, -0.25) is 14.7 Å². The lowest BCUT2D eigenvalue weighted by Gasteiger charge is -2.34. The molecule has 5 heteroatoms. The maximum atomic E-state index is 12.6. The zero-order valence-electron chi connectivity index (χ0n) is 16.4. The van der Waals surface area contributed by atoms with Crippen LogP contribution in [0.4, 0.5) is 0 Å². The highest BCUT2D eigenvalue weighted by Crippen LogP contribution is 2.17. The van der Waals surface area contributed by atoms with Crippen LogP contribution in [0.15, 0.2) is 72.9 Å². The monoisotopic (exact) mass is 387 g/mol. The fourth-order valence-electron chi connectivity index (χ4n) is 3.53. The third-order valence-electron chi connectivity index (χ3n) is 5.17. The highest BCUT2D eigenvalue weighted by atomic mass is 16.5. The van der Waals surface area contributed by atoms with Crippen LogP contribution in [-0.2, 0) is 4.79 Å². The number of piperazine rings is 1. The van der Waals surface area contributed by atoms with Crippen molar-refractivity contribution in [2.45, 2.75) is 0 Å². The quantitative estimate of drug-likeness (QED) is 0.608. The average Bonchev–Trinajstić information content (AvgIpc) is 2.78. The van der Waals surface area contributed by atoms with Gasteiger partial charge in [0.2, 0.25) is 5.91 Å². The van der Waals surface area contributed by atoms with Gasteiger partial charge in [0.1, 0.15) is 12.4 Å². The van der Waals surface area contributed by atoms with Crippen molar-refractivity contribution in [2.24, 2.45) is 0 Å². The number of fused-ring (bicyclic) bond motifs is 1. The molecule has 1 aromatic heterocycles. The van der Waals surface area contributed by atoms with E-state index in [-0.39, 0.29) is 5.91 Å². The smallest absolute Gasteiger partial charge is 0.246 e. The minimum atomic E-state index is 0.0538. The third kappa shape index (κ3) is 5.00. The van der Waals surface area contributed by atoms with Crippen LogP contribution >= 0.6 is 0 Å². The number of rotatable bonds is 6. The Labute approximate surface area is 171 Å². The van der Waals surface area contributed by atoms with Gasteiger partial charge in [-0.1, -0.05) is 42.5 Å². The van der Waals surface area contributed by atoms with E-state index < -0.39 is 0 Å². The van der Waals surface area contributed by atoms with Gasteiger partial charge in [-0.2, -0.15) is 0 Å². The van der Waals surface area contributed by atoms with E-state index in [9.17, 15) is 4.79 Å². The largest absolute Gasteiger partial charge is 0.492 e. The Balaban J connectivity index is 1.26. The third-order valence-corrected chi connectivity index (χ3v) is 5.17. The molecular formula is C24H25N3O2. The lowest BCUT2D eigenvalue weighted by molar-refractivity contribution is -0.127. The van der Waals surface area contributed by atoms with Gasteiger partial charge in [-0.05, 0) is 24.3 Å². The Kier molecular flexibility index (Phi) is 6.17. The lowest BCUT2D eigenvalue weighted by Crippen LogP contribution is -2.49. The molecule has 3 aromatic rings. The van der Waals surface area contributed by atoms with E-state index in [0.29, 0.717) is 6.61 Å². The summed E-state index contributed by atoms with van der Waals surface area (Å²) in [5, 5.41) is 1.08. The van der Waals surface area contributed by atoms with Crippen LogP contribution in [0.5, 0.6) is 5.75 Å². The summed E-state index contributed by atoms with van der Waals surface area (Å²) >= 11 is 0. The zero-order valence-corrected chi connectivity index (χ0v) is 16.4. The summed E-state index contributed by atoms with van der Waals surface area (Å²) in [6, 6.07) is 19.8. The second kappa shape index (κ2) is 9.34. The Hall–Kier alpha value is -3.18. The maximum absolute atomic E-state index is 12.6.